The maximum Gasteiger partial charge on any atom is 0 e. The quantitative estimate of drug-likeness (QED) is 0.291. The molecule has 0 aromatic carbocycles. The molecule has 0 bridgehead atoms. The molecule has 0 N–H and O–H groups in total. The largest absolute Gasteiger partial charge is 0 e. The van der Waals surface area contributed by atoms with Gasteiger partial charge in [-0.1, -0.05) is 0 Å². The third-order valence-corrected chi connectivity index (χ3v) is 0. The summed E-state index contributed by atoms with van der Waals surface area (Å²) in [5.41, 5.74) is 0. The number of hydrogen-bond acceptors (Lipinski definition) is 0. The van der Waals surface area contributed by atoms with E-state index in [-0.39, 0.29) is 96.5 Å². The molecular weight excluding hydrogens is 588 g/mol. The van der Waals surface area contributed by atoms with Crippen molar-refractivity contribution in [3.8, 4) is 0 Å². The van der Waals surface area contributed by atoms with Crippen LogP contribution in [0.15, 0.2) is 0 Å². The fraction of sp³-hybridized carbons (Fsp3) is 0. The Kier molecular flexibility index (Phi) is 110. The van der Waals surface area contributed by atoms with Gasteiger partial charge in [-0.3, -0.25) is 0 Å². The summed E-state index contributed by atoms with van der Waals surface area (Å²) in [7, 11) is 0. The summed E-state index contributed by atoms with van der Waals surface area (Å²) in [6.45, 7) is 0. The molecule has 0 heterocycles. The first-order valence-electron chi connectivity index (χ1n) is 0. The third-order valence-electron chi connectivity index (χ3n) is 0. The number of rotatable bonds is 0. The van der Waals surface area contributed by atoms with E-state index in [1.165, 1.54) is 0 Å². The van der Waals surface area contributed by atoms with Gasteiger partial charge in [-0.25, -0.2) is 0 Å². The van der Waals surface area contributed by atoms with Crippen molar-refractivity contribution in [1.29, 1.82) is 0 Å². The molecule has 4 heavy (non-hydrogen) atoms. The van der Waals surface area contributed by atoms with Crippen molar-refractivity contribution in [3.63, 3.8) is 0 Å². The second kappa shape index (κ2) is 16.4. The van der Waals surface area contributed by atoms with Gasteiger partial charge in [0.1, 0.15) is 0 Å². The minimum Gasteiger partial charge on any atom is 0 e. The summed E-state index contributed by atoms with van der Waals surface area (Å²) in [5, 5.41) is 0. The normalized spacial score (nSPS) is 0. The number of hydrogen-bond donors (Lipinski definition) is 0. The Morgan fingerprint density at radius 1 is 0.750 bits per heavy atom. The van der Waals surface area contributed by atoms with Crippen molar-refractivity contribution < 1.29 is 41.9 Å². The zero-order valence-electron chi connectivity index (χ0n) is 2.42. The van der Waals surface area contributed by atoms with E-state index < -0.39 is 0 Å². The second-order valence-corrected chi connectivity index (χ2v) is 0. The van der Waals surface area contributed by atoms with E-state index in [2.05, 4.69) is 0 Å². The average Bonchev–Trinajstić information content (AvgIpc) is 0. The molecule has 0 amide bonds. The Balaban J connectivity index is 0. The Bertz CT molecular complexity index is 6.00. The summed E-state index contributed by atoms with van der Waals surface area (Å²) in [6, 6.07) is 0. The third kappa shape index (κ3) is 8.96. The molecule has 0 saturated heterocycles. The summed E-state index contributed by atoms with van der Waals surface area (Å²) in [6.07, 6.45) is 0. The first kappa shape index (κ1) is 27.0. The van der Waals surface area contributed by atoms with E-state index in [1.807, 2.05) is 0 Å². The second-order valence-electron chi connectivity index (χ2n) is 0. The topological polar surface area (TPSA) is 0 Å². The average molecular weight is 592 g/mol. The Morgan fingerprint density at radius 3 is 0.750 bits per heavy atom. The van der Waals surface area contributed by atoms with Crippen LogP contribution < -0.4 is 0 Å². The van der Waals surface area contributed by atoms with Crippen LogP contribution in [0.2, 0.25) is 0 Å². The monoisotopic (exact) mass is 591 g/mol. The molecule has 25 valence electrons. The molecule has 0 aromatic rings. The van der Waals surface area contributed by atoms with Gasteiger partial charge in [0.25, 0.3) is 0 Å². The fourth-order valence-corrected chi connectivity index (χ4v) is 0. The Labute approximate surface area is 94.5 Å². The molecule has 0 fully saturated rings. The first-order valence-corrected chi connectivity index (χ1v) is 0. The first-order chi connectivity index (χ1) is 0. The van der Waals surface area contributed by atoms with Gasteiger partial charge in [0.15, 0.2) is 0 Å². The maximum absolute atomic E-state index is 0. The van der Waals surface area contributed by atoms with Crippen LogP contribution in [0, 0.1) is 0 Å². The molecular formula is H4AgPb2Zn. The van der Waals surface area contributed by atoms with Gasteiger partial charge in [-0.15, -0.1) is 0 Å². The van der Waals surface area contributed by atoms with Crippen LogP contribution in [0.1, 0.15) is 0 Å². The SMILES string of the molecule is [Ag].[PbH2].[PbH2].[Zn]. The predicted octanol–water partition coefficient (Wildman–Crippen LogP) is -1.84. The van der Waals surface area contributed by atoms with Crippen LogP contribution in [0.3, 0.4) is 0 Å². The molecule has 0 atom stereocenters. The molecule has 0 saturated carbocycles. The fourth-order valence-electron chi connectivity index (χ4n) is 0. The Morgan fingerprint density at radius 2 is 0.750 bits per heavy atom. The standard InChI is InChI=1S/Ag.2Pb.Zn.4H. The van der Waals surface area contributed by atoms with Crippen molar-refractivity contribution in [3.05, 3.63) is 0 Å². The molecule has 0 aliphatic rings. The van der Waals surface area contributed by atoms with Crippen LogP contribution in [0.4, 0.5) is 0 Å². The van der Waals surface area contributed by atoms with Gasteiger partial charge >= 0.3 is 54.6 Å². The van der Waals surface area contributed by atoms with E-state index in [0.29, 0.717) is 0 Å². The van der Waals surface area contributed by atoms with Gasteiger partial charge in [-0.2, -0.15) is 0 Å². The minimum absolute atomic E-state index is 0. The predicted molar refractivity (Wildman–Crippen MR) is 17.1 cm³/mol. The zero-order chi connectivity index (χ0) is 0. The smallest absolute Gasteiger partial charge is 0 e. The van der Waals surface area contributed by atoms with E-state index >= 15 is 0 Å². The molecule has 0 rings (SSSR count). The summed E-state index contributed by atoms with van der Waals surface area (Å²) < 4.78 is 0. The minimum atomic E-state index is 0. The van der Waals surface area contributed by atoms with Crippen LogP contribution in [0.25, 0.3) is 0 Å². The summed E-state index contributed by atoms with van der Waals surface area (Å²) in [5.74, 6) is 0. The van der Waals surface area contributed by atoms with E-state index in [9.17, 15) is 0 Å². The van der Waals surface area contributed by atoms with Crippen LogP contribution in [0.5, 0.6) is 0 Å². The van der Waals surface area contributed by atoms with E-state index in [4.69, 9.17) is 0 Å². The van der Waals surface area contributed by atoms with Crippen LogP contribution in [-0.4, -0.2) is 54.6 Å². The summed E-state index contributed by atoms with van der Waals surface area (Å²) >= 11 is 0. The van der Waals surface area contributed by atoms with Crippen molar-refractivity contribution in [2.75, 3.05) is 0 Å². The van der Waals surface area contributed by atoms with Crippen LogP contribution >= 0.6 is 0 Å². The molecule has 4 heteroatoms. The molecule has 0 unspecified atom stereocenters. The molecule has 0 nitrogen and oxygen atoms in total. The van der Waals surface area contributed by atoms with E-state index in [1.54, 1.807) is 0 Å². The Hall–Kier alpha value is 3.21. The van der Waals surface area contributed by atoms with Gasteiger partial charge in [0.2, 0.25) is 0 Å². The zero-order valence-corrected chi connectivity index (χ0v) is 17.9. The van der Waals surface area contributed by atoms with Crippen molar-refractivity contribution >= 4 is 54.6 Å². The van der Waals surface area contributed by atoms with E-state index in [0.717, 1.165) is 0 Å². The maximum atomic E-state index is 0. The summed E-state index contributed by atoms with van der Waals surface area (Å²) in [4.78, 5) is 0. The van der Waals surface area contributed by atoms with Crippen molar-refractivity contribution in [1.82, 2.24) is 0 Å². The molecule has 0 aliphatic heterocycles. The molecule has 0 aromatic heterocycles. The van der Waals surface area contributed by atoms with Gasteiger partial charge in [0.05, 0.1) is 0 Å². The molecule has 0 spiro atoms. The van der Waals surface area contributed by atoms with Crippen molar-refractivity contribution in [2.24, 2.45) is 0 Å². The van der Waals surface area contributed by atoms with Gasteiger partial charge < -0.3 is 0 Å². The van der Waals surface area contributed by atoms with Gasteiger partial charge in [-0.05, 0) is 0 Å². The molecule has 5 radical (unpaired) electrons. The van der Waals surface area contributed by atoms with Crippen LogP contribution in [-0.2, 0) is 41.9 Å². The van der Waals surface area contributed by atoms with Crippen molar-refractivity contribution in [2.45, 2.75) is 0 Å². The molecule has 0 aliphatic carbocycles. The van der Waals surface area contributed by atoms with Gasteiger partial charge in [0, 0.05) is 41.9 Å².